The van der Waals surface area contributed by atoms with Crippen LogP contribution >= 0.6 is 11.8 Å². The predicted molar refractivity (Wildman–Crippen MR) is 151 cm³/mol. The number of hydrogen-bond donors (Lipinski definition) is 8. The van der Waals surface area contributed by atoms with Crippen molar-refractivity contribution < 1.29 is 29.4 Å². The normalized spacial score (nSPS) is 14.0. The molecule has 0 aliphatic rings. The number of carboxylic acids is 1. The minimum absolute atomic E-state index is 0.0238. The lowest BCUT2D eigenvalue weighted by Gasteiger charge is -2.25. The monoisotopic (exact) mass is 567 g/mol. The molecular weight excluding hydrogens is 526 g/mol. The van der Waals surface area contributed by atoms with Crippen molar-refractivity contribution in [1.82, 2.24) is 16.0 Å². The van der Waals surface area contributed by atoms with Crippen molar-refractivity contribution in [3.05, 3.63) is 29.8 Å². The Morgan fingerprint density at radius 2 is 1.46 bits per heavy atom. The number of nitrogens with zero attached hydrogens (tertiary/aromatic N) is 1. The zero-order valence-corrected chi connectivity index (χ0v) is 23.4. The number of aliphatic carboxylic acids is 1. The Morgan fingerprint density at radius 1 is 0.923 bits per heavy atom. The van der Waals surface area contributed by atoms with Gasteiger partial charge in [-0.05, 0) is 54.9 Å². The van der Waals surface area contributed by atoms with Crippen LogP contribution in [0, 0.1) is 5.92 Å². The molecule has 0 aliphatic heterocycles. The van der Waals surface area contributed by atoms with Crippen LogP contribution in [0.15, 0.2) is 29.3 Å². The number of guanidine groups is 1. The van der Waals surface area contributed by atoms with E-state index in [0.29, 0.717) is 24.2 Å². The number of nitrogens with one attached hydrogen (secondary N) is 3. The van der Waals surface area contributed by atoms with E-state index in [4.69, 9.17) is 17.2 Å². The van der Waals surface area contributed by atoms with Gasteiger partial charge in [-0.1, -0.05) is 26.0 Å². The Labute approximate surface area is 232 Å². The molecule has 0 heterocycles. The van der Waals surface area contributed by atoms with Crippen molar-refractivity contribution in [1.29, 1.82) is 0 Å². The number of carboxylic acid groups (broad SMARTS) is 1. The molecule has 1 rings (SSSR count). The number of nitrogens with two attached hydrogens (primary N) is 3. The van der Waals surface area contributed by atoms with Gasteiger partial charge >= 0.3 is 5.97 Å². The summed E-state index contributed by atoms with van der Waals surface area (Å²) in [5, 5.41) is 27.0. The maximum atomic E-state index is 13.2. The number of aromatic hydroxyl groups is 1. The molecule has 1 aromatic carbocycles. The summed E-state index contributed by atoms with van der Waals surface area (Å²) in [7, 11) is 0. The summed E-state index contributed by atoms with van der Waals surface area (Å²) < 4.78 is 0. The van der Waals surface area contributed by atoms with E-state index in [2.05, 4.69) is 20.9 Å². The summed E-state index contributed by atoms with van der Waals surface area (Å²) in [6, 6.07) is 1.74. The number of hydrogen-bond acceptors (Lipinski definition) is 8. The molecule has 0 fully saturated rings. The van der Waals surface area contributed by atoms with E-state index in [9.17, 15) is 29.4 Å². The first kappa shape index (κ1) is 33.5. The molecule has 14 heteroatoms. The van der Waals surface area contributed by atoms with Gasteiger partial charge in [-0.15, -0.1) is 0 Å². The lowest BCUT2D eigenvalue weighted by Crippen LogP contribution is -2.57. The first-order valence-corrected chi connectivity index (χ1v) is 14.0. The number of benzene rings is 1. The quantitative estimate of drug-likeness (QED) is 0.0667. The zero-order chi connectivity index (χ0) is 29.5. The third-order valence-corrected chi connectivity index (χ3v) is 6.48. The van der Waals surface area contributed by atoms with Crippen LogP contribution in [0.2, 0.25) is 0 Å². The van der Waals surface area contributed by atoms with Crippen LogP contribution in [0.25, 0.3) is 0 Å². The summed E-state index contributed by atoms with van der Waals surface area (Å²) in [5.74, 6) is -2.75. The Kier molecular flexibility index (Phi) is 14.7. The van der Waals surface area contributed by atoms with E-state index >= 15 is 0 Å². The molecule has 0 saturated carbocycles. The van der Waals surface area contributed by atoms with E-state index in [1.165, 1.54) is 23.9 Å². The van der Waals surface area contributed by atoms with Gasteiger partial charge in [0.15, 0.2) is 5.96 Å². The molecule has 218 valence electrons. The van der Waals surface area contributed by atoms with E-state index in [0.717, 1.165) is 0 Å². The molecule has 4 unspecified atom stereocenters. The fourth-order valence-corrected chi connectivity index (χ4v) is 3.93. The number of phenols is 1. The van der Waals surface area contributed by atoms with Gasteiger partial charge in [0.2, 0.25) is 17.7 Å². The fraction of sp³-hybridized carbons (Fsp3) is 0.560. The summed E-state index contributed by atoms with van der Waals surface area (Å²) in [6.07, 6.45) is 2.53. The van der Waals surface area contributed by atoms with E-state index < -0.39 is 47.9 Å². The molecule has 11 N–H and O–H groups in total. The maximum absolute atomic E-state index is 13.2. The van der Waals surface area contributed by atoms with Crippen molar-refractivity contribution in [3.63, 3.8) is 0 Å². The second-order valence-corrected chi connectivity index (χ2v) is 10.4. The van der Waals surface area contributed by atoms with E-state index in [-0.39, 0.29) is 37.0 Å². The highest BCUT2D eigenvalue weighted by molar-refractivity contribution is 7.98. The molecule has 13 nitrogen and oxygen atoms in total. The van der Waals surface area contributed by atoms with Gasteiger partial charge in [-0.25, -0.2) is 4.79 Å². The lowest BCUT2D eigenvalue weighted by molar-refractivity contribution is -0.142. The molecule has 3 amide bonds. The third-order valence-electron chi connectivity index (χ3n) is 5.83. The average Bonchev–Trinajstić information content (AvgIpc) is 2.87. The first-order chi connectivity index (χ1) is 18.3. The van der Waals surface area contributed by atoms with Crippen LogP contribution in [-0.4, -0.2) is 82.6 Å². The minimum atomic E-state index is -1.30. The average molecular weight is 568 g/mol. The Morgan fingerprint density at radius 3 is 1.97 bits per heavy atom. The predicted octanol–water partition coefficient (Wildman–Crippen LogP) is -0.736. The van der Waals surface area contributed by atoms with Crippen LogP contribution in [0.4, 0.5) is 0 Å². The van der Waals surface area contributed by atoms with Gasteiger partial charge in [0, 0.05) is 13.0 Å². The fourth-order valence-electron chi connectivity index (χ4n) is 3.46. The second-order valence-electron chi connectivity index (χ2n) is 9.39. The van der Waals surface area contributed by atoms with E-state index in [1.54, 1.807) is 26.0 Å². The van der Waals surface area contributed by atoms with Crippen LogP contribution in [-0.2, 0) is 25.6 Å². The minimum Gasteiger partial charge on any atom is -0.508 e. The Bertz CT molecular complexity index is 986. The number of rotatable bonds is 17. The standard InChI is InChI=1S/C25H41N7O6S/c1-14(2)20(26)23(36)31-18(10-12-39-3)22(35)30-17(5-4-11-29-25(27)28)21(34)32-19(24(37)38)13-15-6-8-16(33)9-7-15/h6-9,14,17-20,33H,4-5,10-13,26H2,1-3H3,(H,30,35)(H,31,36)(H,32,34)(H,37,38)(H4,27,28,29). The van der Waals surface area contributed by atoms with Gasteiger partial charge in [-0.3, -0.25) is 19.4 Å². The van der Waals surface area contributed by atoms with Gasteiger partial charge in [-0.2, -0.15) is 11.8 Å². The summed E-state index contributed by atoms with van der Waals surface area (Å²) in [5.41, 5.74) is 17.2. The number of phenolic OH excluding ortho intramolecular Hbond substituents is 1. The molecule has 0 saturated heterocycles. The number of thioether (sulfide) groups is 1. The number of amides is 3. The van der Waals surface area contributed by atoms with Crippen molar-refractivity contribution in [2.75, 3.05) is 18.6 Å². The molecule has 0 aliphatic carbocycles. The van der Waals surface area contributed by atoms with E-state index in [1.807, 2.05) is 6.26 Å². The number of carbonyl (C=O) groups excluding carboxylic acids is 3. The maximum Gasteiger partial charge on any atom is 0.326 e. The van der Waals surface area contributed by atoms with Crippen LogP contribution in [0.5, 0.6) is 5.75 Å². The van der Waals surface area contributed by atoms with Crippen molar-refractivity contribution in [3.8, 4) is 5.75 Å². The molecule has 0 aromatic heterocycles. The summed E-state index contributed by atoms with van der Waals surface area (Å²) in [6.45, 7) is 3.76. The summed E-state index contributed by atoms with van der Waals surface area (Å²) >= 11 is 1.49. The van der Waals surface area contributed by atoms with Gasteiger partial charge < -0.3 is 43.4 Å². The molecule has 0 bridgehead atoms. The van der Waals surface area contributed by atoms with Gasteiger partial charge in [0.1, 0.15) is 23.9 Å². The first-order valence-electron chi connectivity index (χ1n) is 12.6. The number of carbonyl (C=O) groups is 4. The topological polar surface area (TPSA) is 235 Å². The molecule has 0 radical (unpaired) electrons. The van der Waals surface area contributed by atoms with Crippen molar-refractivity contribution >= 4 is 41.4 Å². The largest absolute Gasteiger partial charge is 0.508 e. The lowest BCUT2D eigenvalue weighted by atomic mass is 10.0. The molecule has 39 heavy (non-hydrogen) atoms. The van der Waals surface area contributed by atoms with Crippen LogP contribution in [0.1, 0.15) is 38.7 Å². The SMILES string of the molecule is CSCCC(NC(=O)C(N)C(C)C)C(=O)NC(CCCN=C(N)N)C(=O)NC(Cc1ccc(O)cc1)C(=O)O. The molecule has 1 aromatic rings. The zero-order valence-electron chi connectivity index (χ0n) is 22.6. The van der Waals surface area contributed by atoms with Crippen LogP contribution < -0.4 is 33.2 Å². The highest BCUT2D eigenvalue weighted by Gasteiger charge is 2.30. The molecule has 0 spiro atoms. The smallest absolute Gasteiger partial charge is 0.326 e. The Balaban J connectivity index is 3.08. The molecular formula is C25H41N7O6S. The third kappa shape index (κ3) is 12.7. The second kappa shape index (κ2) is 17.1. The highest BCUT2D eigenvalue weighted by Crippen LogP contribution is 2.12. The van der Waals surface area contributed by atoms with Crippen molar-refractivity contribution in [2.24, 2.45) is 28.1 Å². The van der Waals surface area contributed by atoms with Gasteiger partial charge in [0.25, 0.3) is 0 Å². The molecule has 4 atom stereocenters. The summed E-state index contributed by atoms with van der Waals surface area (Å²) in [4.78, 5) is 54.7. The van der Waals surface area contributed by atoms with Gasteiger partial charge in [0.05, 0.1) is 6.04 Å². The Hall–Kier alpha value is -3.52. The van der Waals surface area contributed by atoms with Crippen LogP contribution in [0.3, 0.4) is 0 Å². The van der Waals surface area contributed by atoms with Crippen molar-refractivity contribution in [2.45, 2.75) is 63.7 Å². The number of aliphatic imine (C=N–C) groups is 1. The highest BCUT2D eigenvalue weighted by atomic mass is 32.2.